The summed E-state index contributed by atoms with van der Waals surface area (Å²) < 4.78 is 10.2. The number of amides is 1. The Morgan fingerprint density at radius 2 is 1.71 bits per heavy atom. The highest BCUT2D eigenvalue weighted by Crippen LogP contribution is 2.28. The first-order valence-corrected chi connectivity index (χ1v) is 9.69. The number of hydrogen-bond acceptors (Lipinski definition) is 5. The molecule has 0 saturated carbocycles. The van der Waals surface area contributed by atoms with Gasteiger partial charge < -0.3 is 19.9 Å². The second kappa shape index (κ2) is 10.1. The number of esters is 1. The Kier molecular flexibility index (Phi) is 7.06. The number of para-hydroxylation sites is 1. The summed E-state index contributed by atoms with van der Waals surface area (Å²) in [6, 6.07) is 21.8. The predicted octanol–water partition coefficient (Wildman–Crippen LogP) is 4.65. The summed E-state index contributed by atoms with van der Waals surface area (Å²) in [5.41, 5.74) is 3.11. The molecule has 31 heavy (non-hydrogen) atoms. The Morgan fingerprint density at radius 1 is 1.00 bits per heavy atom. The average molecular weight is 417 g/mol. The number of methoxy groups -OCH3 is 1. The van der Waals surface area contributed by atoms with Gasteiger partial charge >= 0.3 is 5.97 Å². The number of benzene rings is 3. The van der Waals surface area contributed by atoms with Gasteiger partial charge in [0.15, 0.2) is 17.6 Å². The van der Waals surface area contributed by atoms with Gasteiger partial charge in [-0.25, -0.2) is 4.79 Å². The van der Waals surface area contributed by atoms with E-state index in [0.29, 0.717) is 17.0 Å². The van der Waals surface area contributed by atoms with Crippen LogP contribution in [-0.4, -0.2) is 30.2 Å². The number of ether oxygens (including phenoxy) is 2. The molecule has 0 spiro atoms. The molecule has 6 nitrogen and oxygen atoms in total. The van der Waals surface area contributed by atoms with Crippen molar-refractivity contribution in [2.45, 2.75) is 13.0 Å². The number of carbonyl (C=O) groups excluding carboxylic acids is 2. The predicted molar refractivity (Wildman–Crippen MR) is 120 cm³/mol. The van der Waals surface area contributed by atoms with E-state index < -0.39 is 18.0 Å². The van der Waals surface area contributed by atoms with Crippen LogP contribution < -0.4 is 10.1 Å². The smallest absolute Gasteiger partial charge is 0.331 e. The molecule has 0 heterocycles. The molecule has 0 unspecified atom stereocenters. The summed E-state index contributed by atoms with van der Waals surface area (Å²) in [7, 11) is 1.44. The molecular weight excluding hydrogens is 394 g/mol. The summed E-state index contributed by atoms with van der Waals surface area (Å²) in [6.45, 7) is 1.51. The minimum absolute atomic E-state index is 0.00306. The molecule has 0 aliphatic carbocycles. The van der Waals surface area contributed by atoms with Gasteiger partial charge in [0, 0.05) is 17.3 Å². The van der Waals surface area contributed by atoms with Gasteiger partial charge in [0.25, 0.3) is 5.91 Å². The zero-order chi connectivity index (χ0) is 22.2. The summed E-state index contributed by atoms with van der Waals surface area (Å²) in [6.07, 6.45) is 1.74. The molecule has 0 saturated heterocycles. The highest BCUT2D eigenvalue weighted by atomic mass is 16.5. The minimum Gasteiger partial charge on any atom is -0.504 e. The van der Waals surface area contributed by atoms with Gasteiger partial charge in [-0.15, -0.1) is 0 Å². The van der Waals surface area contributed by atoms with Crippen molar-refractivity contribution in [3.05, 3.63) is 84.4 Å². The third-order valence-corrected chi connectivity index (χ3v) is 4.55. The lowest BCUT2D eigenvalue weighted by Crippen LogP contribution is -2.29. The Bertz CT molecular complexity index is 1090. The van der Waals surface area contributed by atoms with Crippen molar-refractivity contribution < 1.29 is 24.2 Å². The zero-order valence-corrected chi connectivity index (χ0v) is 17.2. The quantitative estimate of drug-likeness (QED) is 0.432. The van der Waals surface area contributed by atoms with Crippen LogP contribution in [0.25, 0.3) is 17.2 Å². The van der Waals surface area contributed by atoms with Gasteiger partial charge in [0.2, 0.25) is 0 Å². The maximum absolute atomic E-state index is 12.6. The number of nitrogens with one attached hydrogen (secondary N) is 1. The molecule has 0 bridgehead atoms. The van der Waals surface area contributed by atoms with Crippen LogP contribution in [0.2, 0.25) is 0 Å². The SMILES string of the molecule is COc1cc(/C=C/C(=O)O[C@@H](C)C(=O)Nc2ccccc2-c2ccccc2)ccc1O. The number of hydrogen-bond donors (Lipinski definition) is 2. The first-order chi connectivity index (χ1) is 15.0. The molecule has 158 valence electrons. The molecule has 3 aromatic carbocycles. The van der Waals surface area contributed by atoms with Crippen LogP contribution in [0.5, 0.6) is 11.5 Å². The fourth-order valence-corrected chi connectivity index (χ4v) is 2.93. The van der Waals surface area contributed by atoms with Crippen LogP contribution in [-0.2, 0) is 14.3 Å². The molecule has 1 amide bonds. The Hall–Kier alpha value is -4.06. The lowest BCUT2D eigenvalue weighted by molar-refractivity contribution is -0.148. The van der Waals surface area contributed by atoms with Crippen LogP contribution in [0, 0.1) is 0 Å². The fraction of sp³-hybridized carbons (Fsp3) is 0.120. The molecule has 2 N–H and O–H groups in total. The molecule has 0 aromatic heterocycles. The maximum atomic E-state index is 12.6. The second-order valence-electron chi connectivity index (χ2n) is 6.74. The minimum atomic E-state index is -0.990. The molecule has 0 aliphatic rings. The van der Waals surface area contributed by atoms with Crippen LogP contribution in [0.1, 0.15) is 12.5 Å². The normalized spacial score (nSPS) is 11.7. The monoisotopic (exact) mass is 417 g/mol. The van der Waals surface area contributed by atoms with Crippen molar-refractivity contribution in [3.63, 3.8) is 0 Å². The topological polar surface area (TPSA) is 84.9 Å². The van der Waals surface area contributed by atoms with E-state index >= 15 is 0 Å². The molecule has 1 atom stereocenters. The Morgan fingerprint density at radius 3 is 2.45 bits per heavy atom. The Balaban J connectivity index is 1.63. The highest BCUT2D eigenvalue weighted by molar-refractivity contribution is 5.99. The van der Waals surface area contributed by atoms with E-state index in [1.807, 2.05) is 48.5 Å². The van der Waals surface area contributed by atoms with E-state index in [1.54, 1.807) is 18.2 Å². The number of aromatic hydroxyl groups is 1. The van der Waals surface area contributed by atoms with Gasteiger partial charge in [-0.05, 0) is 42.3 Å². The van der Waals surface area contributed by atoms with E-state index in [1.165, 1.54) is 32.3 Å². The molecule has 0 aliphatic heterocycles. The summed E-state index contributed by atoms with van der Waals surface area (Å²) in [4.78, 5) is 24.7. The molecule has 3 rings (SSSR count). The highest BCUT2D eigenvalue weighted by Gasteiger charge is 2.18. The summed E-state index contributed by atoms with van der Waals surface area (Å²) in [5, 5.41) is 12.4. The number of phenols is 1. The van der Waals surface area contributed by atoms with Gasteiger partial charge in [-0.3, -0.25) is 4.79 Å². The maximum Gasteiger partial charge on any atom is 0.331 e. The van der Waals surface area contributed by atoms with Crippen molar-refractivity contribution in [2.24, 2.45) is 0 Å². The number of carbonyl (C=O) groups is 2. The van der Waals surface area contributed by atoms with E-state index in [9.17, 15) is 14.7 Å². The lowest BCUT2D eigenvalue weighted by atomic mass is 10.0. The second-order valence-corrected chi connectivity index (χ2v) is 6.74. The van der Waals surface area contributed by atoms with Crippen molar-refractivity contribution in [1.29, 1.82) is 0 Å². The Labute approximate surface area is 180 Å². The summed E-state index contributed by atoms with van der Waals surface area (Å²) in [5.74, 6) is -0.800. The van der Waals surface area contributed by atoms with Crippen LogP contribution in [0.15, 0.2) is 78.9 Å². The molecule has 3 aromatic rings. The van der Waals surface area contributed by atoms with Crippen LogP contribution in [0.3, 0.4) is 0 Å². The molecule has 0 radical (unpaired) electrons. The first kappa shape index (κ1) is 21.6. The van der Waals surface area contributed by atoms with E-state index in [4.69, 9.17) is 9.47 Å². The molecule has 0 fully saturated rings. The van der Waals surface area contributed by atoms with Crippen molar-refractivity contribution in [1.82, 2.24) is 0 Å². The van der Waals surface area contributed by atoms with Gasteiger partial charge in [-0.2, -0.15) is 0 Å². The van der Waals surface area contributed by atoms with E-state index in [2.05, 4.69) is 5.32 Å². The average Bonchev–Trinajstić information content (AvgIpc) is 2.79. The third kappa shape index (κ3) is 5.73. The summed E-state index contributed by atoms with van der Waals surface area (Å²) >= 11 is 0. The van der Waals surface area contributed by atoms with Crippen LogP contribution >= 0.6 is 0 Å². The number of phenolic OH excluding ortho intramolecular Hbond substituents is 1. The lowest BCUT2D eigenvalue weighted by Gasteiger charge is -2.15. The fourth-order valence-electron chi connectivity index (χ4n) is 2.93. The zero-order valence-electron chi connectivity index (χ0n) is 17.2. The molecular formula is C25H23NO5. The number of anilines is 1. The van der Waals surface area contributed by atoms with E-state index in [0.717, 1.165) is 11.1 Å². The number of rotatable bonds is 7. The van der Waals surface area contributed by atoms with E-state index in [-0.39, 0.29) is 5.75 Å². The van der Waals surface area contributed by atoms with Crippen molar-refractivity contribution in [2.75, 3.05) is 12.4 Å². The standard InChI is InChI=1S/C25H23NO5/c1-17(31-24(28)15-13-18-12-14-22(27)23(16-18)30-2)25(29)26-21-11-7-6-10-20(21)19-8-4-3-5-9-19/h3-17,27H,1-2H3,(H,26,29)/b15-13+/t17-/m0/s1. The van der Waals surface area contributed by atoms with Crippen molar-refractivity contribution >= 4 is 23.6 Å². The first-order valence-electron chi connectivity index (χ1n) is 9.69. The largest absolute Gasteiger partial charge is 0.504 e. The van der Waals surface area contributed by atoms with Crippen LogP contribution in [0.4, 0.5) is 5.69 Å². The van der Waals surface area contributed by atoms with Gasteiger partial charge in [-0.1, -0.05) is 54.6 Å². The molecule has 6 heteroatoms. The third-order valence-electron chi connectivity index (χ3n) is 4.55. The van der Waals surface area contributed by atoms with Gasteiger partial charge in [0.05, 0.1) is 7.11 Å². The van der Waals surface area contributed by atoms with Crippen molar-refractivity contribution in [3.8, 4) is 22.6 Å². The van der Waals surface area contributed by atoms with Gasteiger partial charge in [0.1, 0.15) is 0 Å².